The number of aromatic nitrogens is 3. The molecular weight excluding hydrogens is 444 g/mol. The minimum atomic E-state index is -0.258. The number of amides is 2. The molecule has 3 heterocycles. The number of carbonyl (C=O) groups excluding carboxylic acids is 2. The van der Waals surface area contributed by atoms with Gasteiger partial charge < -0.3 is 5.32 Å². The molecule has 9 heteroatoms. The third-order valence-corrected chi connectivity index (χ3v) is 5.79. The van der Waals surface area contributed by atoms with Crippen molar-refractivity contribution < 1.29 is 9.59 Å². The number of nitrogens with one attached hydrogen (secondary N) is 1. The third kappa shape index (κ3) is 5.03. The smallest absolute Gasteiger partial charge is 0.326 e. The minimum absolute atomic E-state index is 0.0572. The molecule has 2 aromatic heterocycles. The zero-order valence-electron chi connectivity index (χ0n) is 19.0. The maximum atomic E-state index is 12.5. The van der Waals surface area contributed by atoms with Crippen LogP contribution in [0.1, 0.15) is 30.4 Å². The number of rotatable bonds is 7. The molecule has 2 aromatic carbocycles. The van der Waals surface area contributed by atoms with Gasteiger partial charge in [-0.25, -0.2) is 14.5 Å². The number of nitrogens with zero attached hydrogens (tertiary/aromatic N) is 5. The van der Waals surface area contributed by atoms with Gasteiger partial charge in [0.1, 0.15) is 0 Å². The lowest BCUT2D eigenvalue weighted by Crippen LogP contribution is -2.25. The second-order valence-electron chi connectivity index (χ2n) is 8.30. The van der Waals surface area contributed by atoms with Gasteiger partial charge in [0, 0.05) is 31.1 Å². The van der Waals surface area contributed by atoms with Crippen LogP contribution >= 0.6 is 0 Å². The first-order valence-corrected chi connectivity index (χ1v) is 11.4. The normalized spacial score (nSPS) is 13.1. The van der Waals surface area contributed by atoms with Crippen LogP contribution in [0.2, 0.25) is 0 Å². The summed E-state index contributed by atoms with van der Waals surface area (Å²) < 4.78 is 2.87. The summed E-state index contributed by atoms with van der Waals surface area (Å²) >= 11 is 0. The molecule has 0 bridgehead atoms. The van der Waals surface area contributed by atoms with Crippen LogP contribution in [0.5, 0.6) is 0 Å². The zero-order valence-corrected chi connectivity index (χ0v) is 19.0. The molecule has 1 aliphatic rings. The van der Waals surface area contributed by atoms with E-state index < -0.39 is 0 Å². The topological polar surface area (TPSA) is 101 Å². The van der Waals surface area contributed by atoms with Crippen molar-refractivity contribution in [1.29, 1.82) is 0 Å². The lowest BCUT2D eigenvalue weighted by Gasteiger charge is -2.11. The van der Waals surface area contributed by atoms with Gasteiger partial charge in [-0.2, -0.15) is 5.10 Å². The van der Waals surface area contributed by atoms with Crippen LogP contribution in [-0.4, -0.2) is 43.3 Å². The number of anilines is 1. The molecule has 0 saturated carbocycles. The molecule has 2 amide bonds. The molecule has 35 heavy (non-hydrogen) atoms. The molecule has 1 aliphatic heterocycles. The molecule has 176 valence electrons. The first-order chi connectivity index (χ1) is 17.1. The molecule has 0 radical (unpaired) electrons. The summed E-state index contributed by atoms with van der Waals surface area (Å²) in [5.74, 6) is -0.432. The largest absolute Gasteiger partial charge is 0.350 e. The van der Waals surface area contributed by atoms with E-state index in [9.17, 15) is 14.4 Å². The van der Waals surface area contributed by atoms with E-state index in [1.807, 2.05) is 42.5 Å². The predicted molar refractivity (Wildman–Crippen MR) is 132 cm³/mol. The summed E-state index contributed by atoms with van der Waals surface area (Å²) in [7, 11) is 0. The predicted octanol–water partition coefficient (Wildman–Crippen LogP) is 2.90. The highest BCUT2D eigenvalue weighted by atomic mass is 16.2. The van der Waals surface area contributed by atoms with Gasteiger partial charge in [0.05, 0.1) is 18.8 Å². The van der Waals surface area contributed by atoms with Crippen molar-refractivity contribution in [2.45, 2.75) is 25.8 Å². The van der Waals surface area contributed by atoms with Gasteiger partial charge in [0.15, 0.2) is 5.65 Å². The van der Waals surface area contributed by atoms with Crippen LogP contribution in [0.3, 0.4) is 0 Å². The Balaban J connectivity index is 1.17. The Kier molecular flexibility index (Phi) is 6.21. The van der Waals surface area contributed by atoms with Gasteiger partial charge in [-0.1, -0.05) is 48.5 Å². The lowest BCUT2D eigenvalue weighted by atomic mass is 10.1. The molecule has 0 atom stereocenters. The number of pyridine rings is 1. The number of benzene rings is 2. The molecule has 1 N–H and O–H groups in total. The van der Waals surface area contributed by atoms with E-state index >= 15 is 0 Å². The van der Waals surface area contributed by atoms with E-state index in [1.54, 1.807) is 36.5 Å². The van der Waals surface area contributed by atoms with E-state index in [4.69, 9.17) is 0 Å². The van der Waals surface area contributed by atoms with E-state index in [2.05, 4.69) is 15.5 Å². The number of carbonyl (C=O) groups is 2. The highest BCUT2D eigenvalue weighted by Crippen LogP contribution is 2.16. The van der Waals surface area contributed by atoms with Crippen molar-refractivity contribution >= 4 is 28.9 Å². The standard InChI is InChI=1S/C26H24N6O3/c33-24(12-13-25(34)31-16-14-22(28-31)20-8-2-1-3-9-20)27-21-10-6-7-19(17-21)18-32-26(35)30-15-5-4-11-23(30)29-32/h1-11,15,17H,12-14,16,18H2,(H,27,33). The van der Waals surface area contributed by atoms with Gasteiger partial charge in [0.25, 0.3) is 0 Å². The molecular formula is C26H24N6O3. The fourth-order valence-electron chi connectivity index (χ4n) is 4.04. The Morgan fingerprint density at radius 2 is 1.77 bits per heavy atom. The Morgan fingerprint density at radius 1 is 0.943 bits per heavy atom. The highest BCUT2D eigenvalue weighted by Gasteiger charge is 2.22. The average molecular weight is 469 g/mol. The number of hydrazone groups is 1. The summed E-state index contributed by atoms with van der Waals surface area (Å²) in [6.07, 6.45) is 2.51. The molecule has 0 aliphatic carbocycles. The van der Waals surface area contributed by atoms with Crippen LogP contribution in [0.15, 0.2) is 88.9 Å². The second-order valence-corrected chi connectivity index (χ2v) is 8.30. The SMILES string of the molecule is O=C(CCC(=O)N1CCC(c2ccccc2)=N1)Nc1cccc(Cn2nc3ccccn3c2=O)c1. The van der Waals surface area contributed by atoms with E-state index in [1.165, 1.54) is 14.1 Å². The van der Waals surface area contributed by atoms with Crippen molar-refractivity contribution in [1.82, 2.24) is 19.2 Å². The van der Waals surface area contributed by atoms with E-state index in [-0.39, 0.29) is 36.9 Å². The summed E-state index contributed by atoms with van der Waals surface area (Å²) in [4.78, 5) is 37.5. The molecule has 0 unspecified atom stereocenters. The van der Waals surface area contributed by atoms with Crippen LogP contribution in [0, 0.1) is 0 Å². The van der Waals surface area contributed by atoms with Crippen LogP contribution in [0.4, 0.5) is 5.69 Å². The van der Waals surface area contributed by atoms with Gasteiger partial charge in [-0.3, -0.25) is 14.0 Å². The molecule has 0 saturated heterocycles. The van der Waals surface area contributed by atoms with E-state index in [0.717, 1.165) is 16.8 Å². The van der Waals surface area contributed by atoms with Crippen molar-refractivity contribution in [2.75, 3.05) is 11.9 Å². The van der Waals surface area contributed by atoms with Crippen LogP contribution in [0.25, 0.3) is 5.65 Å². The fraction of sp³-hybridized carbons (Fsp3) is 0.192. The first kappa shape index (κ1) is 22.3. The molecule has 4 aromatic rings. The van der Waals surface area contributed by atoms with Gasteiger partial charge >= 0.3 is 5.69 Å². The van der Waals surface area contributed by atoms with Gasteiger partial charge in [-0.15, -0.1) is 5.10 Å². The van der Waals surface area contributed by atoms with Crippen LogP contribution < -0.4 is 11.0 Å². The van der Waals surface area contributed by atoms with Crippen molar-refractivity contribution in [3.8, 4) is 0 Å². The molecule has 5 rings (SSSR count). The summed E-state index contributed by atoms with van der Waals surface area (Å²) in [6, 6.07) is 22.4. The highest BCUT2D eigenvalue weighted by molar-refractivity contribution is 6.02. The Labute approximate surface area is 201 Å². The van der Waals surface area contributed by atoms with Gasteiger partial charge in [0.2, 0.25) is 11.8 Å². The third-order valence-electron chi connectivity index (χ3n) is 5.79. The summed E-state index contributed by atoms with van der Waals surface area (Å²) in [5, 5.41) is 13.0. The van der Waals surface area contributed by atoms with Crippen molar-refractivity contribution in [3.05, 3.63) is 101 Å². The number of hydrogen-bond donors (Lipinski definition) is 1. The van der Waals surface area contributed by atoms with Crippen molar-refractivity contribution in [2.24, 2.45) is 5.10 Å². The quantitative estimate of drug-likeness (QED) is 0.451. The minimum Gasteiger partial charge on any atom is -0.326 e. The van der Waals surface area contributed by atoms with Crippen LogP contribution in [-0.2, 0) is 16.1 Å². The molecule has 9 nitrogen and oxygen atoms in total. The summed E-state index contributed by atoms with van der Waals surface area (Å²) in [5.41, 5.74) is 3.65. The average Bonchev–Trinajstić information content (AvgIpc) is 3.49. The Morgan fingerprint density at radius 3 is 2.60 bits per heavy atom. The first-order valence-electron chi connectivity index (χ1n) is 11.4. The van der Waals surface area contributed by atoms with Crippen molar-refractivity contribution in [3.63, 3.8) is 0 Å². The van der Waals surface area contributed by atoms with Gasteiger partial charge in [-0.05, 0) is 35.4 Å². The fourth-order valence-corrected chi connectivity index (χ4v) is 4.04. The molecule has 0 fully saturated rings. The number of fused-ring (bicyclic) bond motifs is 1. The zero-order chi connectivity index (χ0) is 24.2. The summed E-state index contributed by atoms with van der Waals surface area (Å²) in [6.45, 7) is 0.800. The second kappa shape index (κ2) is 9.76. The van der Waals surface area contributed by atoms with E-state index in [0.29, 0.717) is 24.3 Å². The Bertz CT molecular complexity index is 1470. The Hall–Kier alpha value is -4.53. The lowest BCUT2D eigenvalue weighted by molar-refractivity contribution is -0.132. The molecule has 0 spiro atoms. The maximum Gasteiger partial charge on any atom is 0.350 e. The monoisotopic (exact) mass is 468 g/mol. The maximum absolute atomic E-state index is 12.5. The number of hydrogen-bond acceptors (Lipinski definition) is 5.